The minimum absolute atomic E-state index is 0.324. The summed E-state index contributed by atoms with van der Waals surface area (Å²) in [7, 11) is 0. The highest BCUT2D eigenvalue weighted by atomic mass is 16.1. The molecule has 3 aliphatic rings. The molecule has 3 rings (SSSR count). The molecule has 0 radical (unpaired) electrons. The van der Waals surface area contributed by atoms with Crippen LogP contribution in [0.2, 0.25) is 0 Å². The first-order chi connectivity index (χ1) is 6.51. The van der Waals surface area contributed by atoms with E-state index in [-0.39, 0.29) is 0 Å². The molecule has 1 nitrogen and oxygen atoms in total. The predicted octanol–water partition coefficient (Wildman–Crippen LogP) is 3.35. The molecule has 0 amide bonds. The number of rotatable bonds is 3. The Balaban J connectivity index is 2.00. The topological polar surface area (TPSA) is 17.1 Å². The summed E-state index contributed by atoms with van der Waals surface area (Å²) in [5.74, 6) is 2.01. The summed E-state index contributed by atoms with van der Waals surface area (Å²) >= 11 is 0. The van der Waals surface area contributed by atoms with Gasteiger partial charge in [-0.05, 0) is 43.4 Å². The van der Waals surface area contributed by atoms with Gasteiger partial charge in [0.2, 0.25) is 0 Å². The Morgan fingerprint density at radius 2 is 2.29 bits per heavy atom. The highest BCUT2D eigenvalue weighted by Gasteiger charge is 2.50. The molecule has 1 fully saturated rings. The second kappa shape index (κ2) is 3.22. The van der Waals surface area contributed by atoms with E-state index < -0.39 is 0 Å². The molecule has 1 heteroatoms. The number of hydrogen-bond acceptors (Lipinski definition) is 1. The summed E-state index contributed by atoms with van der Waals surface area (Å²) in [4.78, 5) is 10.9. The number of hydrogen-bond donors (Lipinski definition) is 0. The third-order valence-electron chi connectivity index (χ3n) is 4.35. The number of ketones is 1. The van der Waals surface area contributed by atoms with E-state index in [0.29, 0.717) is 11.2 Å². The van der Waals surface area contributed by atoms with Crippen LogP contribution in [0.4, 0.5) is 0 Å². The summed E-state index contributed by atoms with van der Waals surface area (Å²) in [5.41, 5.74) is 2.08. The lowest BCUT2D eigenvalue weighted by atomic mass is 9.48. The molecule has 0 aliphatic heterocycles. The normalized spacial score (nSPS) is 33.2. The van der Waals surface area contributed by atoms with Gasteiger partial charge in [0, 0.05) is 6.42 Å². The predicted molar refractivity (Wildman–Crippen MR) is 58.0 cm³/mol. The van der Waals surface area contributed by atoms with Crippen LogP contribution >= 0.6 is 0 Å². The summed E-state index contributed by atoms with van der Waals surface area (Å²) in [6.07, 6.45) is 6.76. The van der Waals surface area contributed by atoms with Gasteiger partial charge < -0.3 is 4.79 Å². The van der Waals surface area contributed by atoms with Crippen LogP contribution in [-0.2, 0) is 4.79 Å². The lowest BCUT2D eigenvalue weighted by molar-refractivity contribution is -0.117. The molecule has 78 valence electrons. The first-order valence-corrected chi connectivity index (χ1v) is 5.70. The zero-order valence-electron chi connectivity index (χ0n) is 9.47. The Labute approximate surface area is 86.6 Å². The van der Waals surface area contributed by atoms with E-state index in [1.54, 1.807) is 12.5 Å². The van der Waals surface area contributed by atoms with E-state index in [1.165, 1.54) is 12.8 Å². The highest BCUT2D eigenvalue weighted by molar-refractivity contribution is 5.75. The van der Waals surface area contributed by atoms with Crippen molar-refractivity contribution in [3.63, 3.8) is 0 Å². The summed E-state index contributed by atoms with van der Waals surface area (Å²) in [6.45, 7) is 6.46. The average Bonchev–Trinajstić information content (AvgIpc) is 2.14. The fourth-order valence-electron chi connectivity index (χ4n) is 3.08. The molecule has 0 heterocycles. The van der Waals surface area contributed by atoms with Gasteiger partial charge in [-0.3, -0.25) is 0 Å². The van der Waals surface area contributed by atoms with E-state index in [1.807, 2.05) is 0 Å². The maximum atomic E-state index is 10.9. The van der Waals surface area contributed by atoms with E-state index in [9.17, 15) is 4.79 Å². The minimum atomic E-state index is 0.324. The summed E-state index contributed by atoms with van der Waals surface area (Å²) < 4.78 is 0. The molecule has 0 spiro atoms. The Kier molecular flexibility index (Phi) is 2.29. The smallest absolute Gasteiger partial charge is 0.130 e. The van der Waals surface area contributed by atoms with Gasteiger partial charge >= 0.3 is 0 Å². The first-order valence-electron chi connectivity index (χ1n) is 5.70. The molecule has 3 aliphatic carbocycles. The van der Waals surface area contributed by atoms with Crippen molar-refractivity contribution in [3.05, 3.63) is 11.6 Å². The number of carbonyl (C=O) groups is 1. The van der Waals surface area contributed by atoms with Crippen molar-refractivity contribution in [2.45, 2.75) is 46.5 Å². The van der Waals surface area contributed by atoms with Gasteiger partial charge in [0.15, 0.2) is 0 Å². The monoisotopic (exact) mass is 192 g/mol. The van der Waals surface area contributed by atoms with Gasteiger partial charge in [-0.1, -0.05) is 25.5 Å². The van der Waals surface area contributed by atoms with Crippen LogP contribution in [-0.4, -0.2) is 5.78 Å². The van der Waals surface area contributed by atoms with Crippen LogP contribution in [0, 0.1) is 17.3 Å². The van der Waals surface area contributed by atoms with Gasteiger partial charge in [0.05, 0.1) is 0 Å². The molecule has 2 unspecified atom stereocenters. The molecule has 0 N–H and O–H groups in total. The van der Waals surface area contributed by atoms with Crippen molar-refractivity contribution in [1.82, 2.24) is 0 Å². The first kappa shape index (κ1) is 9.95. The number of fused-ring (bicyclic) bond motifs is 1. The van der Waals surface area contributed by atoms with Crippen LogP contribution in [0.5, 0.6) is 0 Å². The second-order valence-corrected chi connectivity index (χ2v) is 5.52. The van der Waals surface area contributed by atoms with Crippen LogP contribution < -0.4 is 0 Å². The van der Waals surface area contributed by atoms with E-state index in [4.69, 9.17) is 0 Å². The molecular weight excluding hydrogens is 172 g/mol. The Hall–Kier alpha value is -0.590. The van der Waals surface area contributed by atoms with Crippen LogP contribution in [0.15, 0.2) is 11.6 Å². The van der Waals surface area contributed by atoms with Crippen molar-refractivity contribution >= 4 is 5.78 Å². The summed E-state index contributed by atoms with van der Waals surface area (Å²) in [5, 5.41) is 0. The second-order valence-electron chi connectivity index (χ2n) is 5.52. The standard InChI is InChI=1S/C13H20O/c1-9(14)4-5-10-6-7-11-8-12(10)13(11,2)3/h6,11-12H,4-5,7-8H2,1-3H3. The van der Waals surface area contributed by atoms with Gasteiger partial charge in [-0.15, -0.1) is 0 Å². The fourth-order valence-corrected chi connectivity index (χ4v) is 3.08. The van der Waals surface area contributed by atoms with Crippen LogP contribution in [0.3, 0.4) is 0 Å². The fraction of sp³-hybridized carbons (Fsp3) is 0.769. The van der Waals surface area contributed by atoms with Gasteiger partial charge in [0.1, 0.15) is 5.78 Å². The molecule has 0 saturated heterocycles. The molecule has 0 aromatic rings. The minimum Gasteiger partial charge on any atom is -0.300 e. The SMILES string of the molecule is CC(=O)CCC1=CCC2CC1C2(C)C. The largest absolute Gasteiger partial charge is 0.300 e. The molecule has 2 atom stereocenters. The average molecular weight is 192 g/mol. The Morgan fingerprint density at radius 1 is 1.57 bits per heavy atom. The van der Waals surface area contributed by atoms with E-state index in [2.05, 4.69) is 19.9 Å². The summed E-state index contributed by atoms with van der Waals surface area (Å²) in [6, 6.07) is 0. The van der Waals surface area contributed by atoms with Crippen molar-refractivity contribution in [2.75, 3.05) is 0 Å². The quantitative estimate of drug-likeness (QED) is 0.627. The van der Waals surface area contributed by atoms with E-state index >= 15 is 0 Å². The molecule has 0 aromatic carbocycles. The molecule has 1 saturated carbocycles. The number of carbonyl (C=O) groups excluding carboxylic acids is 1. The van der Waals surface area contributed by atoms with Gasteiger partial charge in [0.25, 0.3) is 0 Å². The van der Waals surface area contributed by atoms with Crippen molar-refractivity contribution in [1.29, 1.82) is 0 Å². The van der Waals surface area contributed by atoms with Crippen molar-refractivity contribution in [2.24, 2.45) is 17.3 Å². The zero-order valence-corrected chi connectivity index (χ0v) is 9.47. The maximum absolute atomic E-state index is 10.9. The third-order valence-corrected chi connectivity index (χ3v) is 4.35. The molecule has 0 aromatic heterocycles. The third kappa shape index (κ3) is 1.43. The van der Waals surface area contributed by atoms with Crippen molar-refractivity contribution in [3.8, 4) is 0 Å². The van der Waals surface area contributed by atoms with Gasteiger partial charge in [-0.25, -0.2) is 0 Å². The number of Topliss-reactive ketones (excluding diaryl/α,β-unsaturated/α-hetero) is 1. The Morgan fingerprint density at radius 3 is 2.79 bits per heavy atom. The van der Waals surface area contributed by atoms with Crippen molar-refractivity contribution < 1.29 is 4.79 Å². The molecular formula is C13H20O. The van der Waals surface area contributed by atoms with E-state index in [0.717, 1.165) is 24.7 Å². The van der Waals surface area contributed by atoms with Gasteiger partial charge in [-0.2, -0.15) is 0 Å². The lowest BCUT2D eigenvalue weighted by Crippen LogP contribution is -2.48. The zero-order chi connectivity index (χ0) is 10.3. The molecule has 2 bridgehead atoms. The Bertz CT molecular complexity index is 286. The number of allylic oxidation sites excluding steroid dienone is 2. The van der Waals surface area contributed by atoms with Crippen LogP contribution in [0.1, 0.15) is 46.5 Å². The highest BCUT2D eigenvalue weighted by Crippen LogP contribution is 2.59. The van der Waals surface area contributed by atoms with Crippen LogP contribution in [0.25, 0.3) is 0 Å². The molecule has 14 heavy (non-hydrogen) atoms. The lowest BCUT2D eigenvalue weighted by Gasteiger charge is -2.56. The maximum Gasteiger partial charge on any atom is 0.130 e.